The van der Waals surface area contributed by atoms with E-state index in [0.717, 1.165) is 23.8 Å². The van der Waals surface area contributed by atoms with Crippen molar-refractivity contribution in [2.45, 2.75) is 30.9 Å². The van der Waals surface area contributed by atoms with Crippen LogP contribution in [0.5, 0.6) is 5.88 Å². The lowest BCUT2D eigenvalue weighted by molar-refractivity contribution is 0.309. The van der Waals surface area contributed by atoms with Crippen LogP contribution in [0.25, 0.3) is 0 Å². The van der Waals surface area contributed by atoms with Crippen LogP contribution < -0.4 is 14.4 Å². The molecule has 0 spiro atoms. The van der Waals surface area contributed by atoms with Crippen LogP contribution in [0, 0.1) is 13.8 Å². The molecule has 0 radical (unpaired) electrons. The monoisotopic (exact) mass is 382 g/mol. The van der Waals surface area contributed by atoms with Crippen molar-refractivity contribution in [1.29, 1.82) is 0 Å². The van der Waals surface area contributed by atoms with E-state index in [0.29, 0.717) is 15.9 Å². The zero-order valence-electron chi connectivity index (χ0n) is 14.4. The van der Waals surface area contributed by atoms with Crippen molar-refractivity contribution in [3.8, 4) is 5.88 Å². The summed E-state index contributed by atoms with van der Waals surface area (Å²) in [6.45, 7) is 6.09. The predicted molar refractivity (Wildman–Crippen MR) is 98.0 cm³/mol. The first kappa shape index (κ1) is 18.1. The molecule has 2 aromatic rings. The number of sulfonamides is 1. The number of nitrogens with zero attached hydrogens (tertiary/aromatic N) is 3. The molecule has 3 heterocycles. The van der Waals surface area contributed by atoms with Crippen molar-refractivity contribution < 1.29 is 13.2 Å². The number of aryl methyl sites for hydroxylation is 2. The van der Waals surface area contributed by atoms with Crippen LogP contribution in [0.3, 0.4) is 0 Å². The maximum absolute atomic E-state index is 12.2. The average Bonchev–Trinajstić information content (AvgIpc) is 3.23. The first-order valence-electron chi connectivity index (χ1n) is 8.23. The van der Waals surface area contributed by atoms with Gasteiger partial charge in [0.1, 0.15) is 22.5 Å². The van der Waals surface area contributed by atoms with E-state index < -0.39 is 10.0 Å². The van der Waals surface area contributed by atoms with Gasteiger partial charge in [0.25, 0.3) is 0 Å². The summed E-state index contributed by atoms with van der Waals surface area (Å²) in [6.07, 6.45) is 2.34. The van der Waals surface area contributed by atoms with Crippen LogP contribution in [0.2, 0.25) is 0 Å². The molecule has 0 amide bonds. The van der Waals surface area contributed by atoms with Gasteiger partial charge in [-0.05, 0) is 38.8 Å². The standard InChI is InChI=1S/C16H22N4O3S2/c1-12-5-6-16(24-12)25(21,22)17-7-10-23-15-11-14(18-13(2)19-15)20-8-3-4-9-20/h5-6,11,17H,3-4,7-10H2,1-2H3. The van der Waals surface area contributed by atoms with Crippen LogP contribution in [0.15, 0.2) is 22.4 Å². The summed E-state index contributed by atoms with van der Waals surface area (Å²) in [6, 6.07) is 5.22. The Hall–Kier alpha value is -1.71. The fraction of sp³-hybridized carbons (Fsp3) is 0.500. The van der Waals surface area contributed by atoms with Gasteiger partial charge in [-0.25, -0.2) is 18.1 Å². The topological polar surface area (TPSA) is 84.4 Å². The Morgan fingerprint density at radius 2 is 2.00 bits per heavy atom. The number of nitrogens with one attached hydrogen (secondary N) is 1. The molecule has 1 N–H and O–H groups in total. The van der Waals surface area contributed by atoms with Gasteiger partial charge in [0.05, 0.1) is 0 Å². The Labute approximate surface area is 152 Å². The highest BCUT2D eigenvalue weighted by molar-refractivity contribution is 7.91. The molecule has 1 fully saturated rings. The summed E-state index contributed by atoms with van der Waals surface area (Å²) >= 11 is 1.25. The number of anilines is 1. The van der Waals surface area contributed by atoms with Gasteiger partial charge in [-0.15, -0.1) is 11.3 Å². The number of hydrogen-bond acceptors (Lipinski definition) is 7. The van der Waals surface area contributed by atoms with Crippen LogP contribution in [0.1, 0.15) is 23.5 Å². The van der Waals surface area contributed by atoms with Crippen LogP contribution in [-0.4, -0.2) is 44.6 Å². The van der Waals surface area contributed by atoms with Crippen LogP contribution in [-0.2, 0) is 10.0 Å². The molecule has 0 aliphatic carbocycles. The van der Waals surface area contributed by atoms with Gasteiger partial charge in [0, 0.05) is 30.6 Å². The molecule has 25 heavy (non-hydrogen) atoms. The molecule has 2 aromatic heterocycles. The fourth-order valence-electron chi connectivity index (χ4n) is 2.67. The van der Waals surface area contributed by atoms with Gasteiger partial charge >= 0.3 is 0 Å². The van der Waals surface area contributed by atoms with E-state index in [-0.39, 0.29) is 13.2 Å². The van der Waals surface area contributed by atoms with Gasteiger partial charge in [-0.2, -0.15) is 4.98 Å². The third kappa shape index (κ3) is 4.68. The van der Waals surface area contributed by atoms with Crippen LogP contribution in [0.4, 0.5) is 5.82 Å². The van der Waals surface area contributed by atoms with Crippen molar-refractivity contribution in [2.75, 3.05) is 31.1 Å². The van der Waals surface area contributed by atoms with Crippen molar-refractivity contribution in [3.05, 3.63) is 28.9 Å². The van der Waals surface area contributed by atoms with Crippen molar-refractivity contribution in [2.24, 2.45) is 0 Å². The molecule has 1 saturated heterocycles. The normalized spacial score (nSPS) is 14.9. The molecule has 136 valence electrons. The van der Waals surface area contributed by atoms with Crippen molar-refractivity contribution >= 4 is 27.2 Å². The summed E-state index contributed by atoms with van der Waals surface area (Å²) < 4.78 is 32.8. The average molecular weight is 383 g/mol. The zero-order chi connectivity index (χ0) is 17.9. The van der Waals surface area contributed by atoms with Gasteiger partial charge in [0.2, 0.25) is 15.9 Å². The number of hydrogen-bond donors (Lipinski definition) is 1. The van der Waals surface area contributed by atoms with Crippen molar-refractivity contribution in [1.82, 2.24) is 14.7 Å². The van der Waals surface area contributed by atoms with E-state index in [1.807, 2.05) is 19.9 Å². The maximum atomic E-state index is 12.2. The summed E-state index contributed by atoms with van der Waals surface area (Å²) in [7, 11) is -3.48. The Balaban J connectivity index is 1.55. The number of ether oxygens (including phenoxy) is 1. The van der Waals surface area contributed by atoms with Crippen LogP contribution >= 0.6 is 11.3 Å². The van der Waals surface area contributed by atoms with E-state index in [1.54, 1.807) is 12.1 Å². The molecular weight excluding hydrogens is 360 g/mol. The minimum Gasteiger partial charge on any atom is -0.476 e. The largest absolute Gasteiger partial charge is 0.476 e. The second kappa shape index (κ2) is 7.67. The summed E-state index contributed by atoms with van der Waals surface area (Å²) in [5.74, 6) is 1.99. The Morgan fingerprint density at radius 1 is 1.24 bits per heavy atom. The van der Waals surface area contributed by atoms with E-state index in [4.69, 9.17) is 4.74 Å². The molecule has 7 nitrogen and oxygen atoms in total. The molecule has 1 aliphatic rings. The maximum Gasteiger partial charge on any atom is 0.250 e. The minimum atomic E-state index is -3.48. The van der Waals surface area contributed by atoms with Gasteiger partial charge in [-0.3, -0.25) is 0 Å². The van der Waals surface area contributed by atoms with Gasteiger partial charge < -0.3 is 9.64 Å². The highest BCUT2D eigenvalue weighted by Gasteiger charge is 2.17. The number of rotatable bonds is 7. The third-order valence-corrected chi connectivity index (χ3v) is 6.81. The lowest BCUT2D eigenvalue weighted by Crippen LogP contribution is -2.28. The first-order valence-corrected chi connectivity index (χ1v) is 10.5. The second-order valence-corrected chi connectivity index (χ2v) is 9.20. The Bertz CT molecular complexity index is 830. The molecule has 1 aliphatic heterocycles. The quantitative estimate of drug-likeness (QED) is 0.739. The lowest BCUT2D eigenvalue weighted by atomic mass is 10.4. The number of thiophene rings is 1. The SMILES string of the molecule is Cc1nc(OCCNS(=O)(=O)c2ccc(C)s2)cc(N2CCCC2)n1. The molecule has 0 unspecified atom stereocenters. The summed E-state index contributed by atoms with van der Waals surface area (Å²) in [5, 5.41) is 0. The smallest absolute Gasteiger partial charge is 0.250 e. The van der Waals surface area contributed by atoms with Gasteiger partial charge in [0.15, 0.2) is 0 Å². The third-order valence-electron chi connectivity index (χ3n) is 3.86. The Kier molecular flexibility index (Phi) is 5.55. The van der Waals surface area contributed by atoms with E-state index >= 15 is 0 Å². The highest BCUT2D eigenvalue weighted by atomic mass is 32.2. The molecule has 0 saturated carbocycles. The molecular formula is C16H22N4O3S2. The number of aromatic nitrogens is 2. The minimum absolute atomic E-state index is 0.182. The van der Waals surface area contributed by atoms with E-state index in [9.17, 15) is 8.42 Å². The molecule has 0 atom stereocenters. The first-order chi connectivity index (χ1) is 11.9. The van der Waals surface area contributed by atoms with Crippen molar-refractivity contribution in [3.63, 3.8) is 0 Å². The molecule has 3 rings (SSSR count). The zero-order valence-corrected chi connectivity index (χ0v) is 16.0. The second-order valence-electron chi connectivity index (χ2n) is 5.92. The molecule has 0 aromatic carbocycles. The lowest BCUT2D eigenvalue weighted by Gasteiger charge is -2.17. The highest BCUT2D eigenvalue weighted by Crippen LogP contribution is 2.22. The summed E-state index contributed by atoms with van der Waals surface area (Å²) in [4.78, 5) is 11.9. The molecule has 9 heteroatoms. The van der Waals surface area contributed by atoms with Gasteiger partial charge in [-0.1, -0.05) is 0 Å². The van der Waals surface area contributed by atoms with E-state index in [1.165, 1.54) is 24.2 Å². The van der Waals surface area contributed by atoms with E-state index in [2.05, 4.69) is 19.6 Å². The fourth-order valence-corrected chi connectivity index (χ4v) is 5.01. The predicted octanol–water partition coefficient (Wildman–Crippen LogP) is 2.11. The molecule has 0 bridgehead atoms. The Morgan fingerprint density at radius 3 is 2.68 bits per heavy atom. The summed E-state index contributed by atoms with van der Waals surface area (Å²) in [5.41, 5.74) is 0.